The zero-order valence-electron chi connectivity index (χ0n) is 12.3. The minimum Gasteiger partial charge on any atom is -0.334 e. The van der Waals surface area contributed by atoms with Crippen LogP contribution in [0.15, 0.2) is 24.3 Å². The number of para-hydroxylation sites is 1. The average molecular weight is 276 g/mol. The van der Waals surface area contributed by atoms with Gasteiger partial charge in [0.15, 0.2) is 0 Å². The van der Waals surface area contributed by atoms with Gasteiger partial charge in [0, 0.05) is 19.1 Å². The van der Waals surface area contributed by atoms with Crippen LogP contribution in [0.1, 0.15) is 30.1 Å². The summed E-state index contributed by atoms with van der Waals surface area (Å²) in [6.45, 7) is 4.91. The molecule has 3 N–H and O–H groups in total. The quantitative estimate of drug-likeness (QED) is 0.649. The smallest absolute Gasteiger partial charge is 0.256 e. The Labute approximate surface area is 120 Å². The summed E-state index contributed by atoms with van der Waals surface area (Å²) in [7, 11) is 2.12. The van der Waals surface area contributed by atoms with Crippen molar-refractivity contribution in [1.29, 1.82) is 0 Å². The molecule has 2 rings (SSSR count). The van der Waals surface area contributed by atoms with Crippen LogP contribution in [-0.4, -0.2) is 48.4 Å². The van der Waals surface area contributed by atoms with Crippen LogP contribution in [0.2, 0.25) is 0 Å². The van der Waals surface area contributed by atoms with Crippen LogP contribution in [0.3, 0.4) is 0 Å². The molecule has 1 aliphatic rings. The van der Waals surface area contributed by atoms with Crippen molar-refractivity contribution in [3.63, 3.8) is 0 Å². The van der Waals surface area contributed by atoms with Crippen molar-refractivity contribution in [3.8, 4) is 0 Å². The molecule has 1 aromatic rings. The standard InChI is InChI=1S/C15H24N4O/c1-3-12-11-18(2)9-6-10-19(12)15(20)13-7-4-5-8-14(13)17-16/h4-5,7-8,12,17H,3,6,9-11,16H2,1-2H3. The fraction of sp³-hybridized carbons (Fsp3) is 0.533. The van der Waals surface area contributed by atoms with Crippen molar-refractivity contribution in [2.45, 2.75) is 25.8 Å². The predicted octanol–water partition coefficient (Wildman–Crippen LogP) is 1.53. The lowest BCUT2D eigenvalue weighted by Crippen LogP contribution is -2.43. The van der Waals surface area contributed by atoms with Gasteiger partial charge < -0.3 is 15.2 Å². The number of nitrogens with two attached hydrogens (primary N) is 1. The highest BCUT2D eigenvalue weighted by atomic mass is 16.2. The Bertz CT molecular complexity index is 463. The number of hydrazine groups is 1. The first-order chi connectivity index (χ1) is 9.67. The third kappa shape index (κ3) is 3.11. The monoisotopic (exact) mass is 276 g/mol. The van der Waals surface area contributed by atoms with E-state index in [-0.39, 0.29) is 11.9 Å². The van der Waals surface area contributed by atoms with Crippen molar-refractivity contribution in [3.05, 3.63) is 29.8 Å². The topological polar surface area (TPSA) is 61.6 Å². The Morgan fingerprint density at radius 2 is 2.15 bits per heavy atom. The molecule has 1 saturated heterocycles. The van der Waals surface area contributed by atoms with E-state index in [0.29, 0.717) is 11.3 Å². The molecule has 0 aromatic heterocycles. The largest absolute Gasteiger partial charge is 0.334 e. The molecule has 5 heteroatoms. The second-order valence-corrected chi connectivity index (χ2v) is 5.37. The zero-order chi connectivity index (χ0) is 14.5. The van der Waals surface area contributed by atoms with Crippen LogP contribution < -0.4 is 11.3 Å². The normalized spacial score (nSPS) is 20.6. The highest BCUT2D eigenvalue weighted by molar-refractivity contribution is 5.99. The summed E-state index contributed by atoms with van der Waals surface area (Å²) >= 11 is 0. The van der Waals surface area contributed by atoms with Gasteiger partial charge in [0.1, 0.15) is 0 Å². The lowest BCUT2D eigenvalue weighted by atomic mass is 10.1. The Morgan fingerprint density at radius 3 is 2.85 bits per heavy atom. The second kappa shape index (κ2) is 6.72. The molecule has 0 saturated carbocycles. The summed E-state index contributed by atoms with van der Waals surface area (Å²) in [6, 6.07) is 7.68. The van der Waals surface area contributed by atoms with Gasteiger partial charge in [-0.3, -0.25) is 10.6 Å². The number of hydrogen-bond donors (Lipinski definition) is 2. The lowest BCUT2D eigenvalue weighted by molar-refractivity contribution is 0.0676. The highest BCUT2D eigenvalue weighted by Crippen LogP contribution is 2.20. The number of nitrogens with zero attached hydrogens (tertiary/aromatic N) is 2. The van der Waals surface area contributed by atoms with Gasteiger partial charge in [-0.15, -0.1) is 0 Å². The number of likely N-dealkylation sites (N-methyl/N-ethyl adjacent to an activating group) is 1. The van der Waals surface area contributed by atoms with Gasteiger partial charge in [0.2, 0.25) is 0 Å². The van der Waals surface area contributed by atoms with Crippen LogP contribution in [0, 0.1) is 0 Å². The maximum Gasteiger partial charge on any atom is 0.256 e. The molecule has 20 heavy (non-hydrogen) atoms. The van der Waals surface area contributed by atoms with E-state index in [1.807, 2.05) is 29.2 Å². The molecule has 0 aliphatic carbocycles. The van der Waals surface area contributed by atoms with Gasteiger partial charge in [-0.25, -0.2) is 0 Å². The summed E-state index contributed by atoms with van der Waals surface area (Å²) in [5.74, 6) is 5.58. The van der Waals surface area contributed by atoms with Gasteiger partial charge in [0.05, 0.1) is 11.3 Å². The minimum absolute atomic E-state index is 0.0701. The number of nitrogens with one attached hydrogen (secondary N) is 1. The molecule has 1 atom stereocenters. The second-order valence-electron chi connectivity index (χ2n) is 5.37. The Morgan fingerprint density at radius 1 is 1.40 bits per heavy atom. The number of carbonyl (C=O) groups is 1. The van der Waals surface area contributed by atoms with Crippen molar-refractivity contribution in [2.24, 2.45) is 5.84 Å². The van der Waals surface area contributed by atoms with Gasteiger partial charge >= 0.3 is 0 Å². The zero-order valence-corrected chi connectivity index (χ0v) is 12.3. The van der Waals surface area contributed by atoms with Crippen molar-refractivity contribution in [2.75, 3.05) is 32.1 Å². The van der Waals surface area contributed by atoms with E-state index < -0.39 is 0 Å². The molecule has 1 unspecified atom stereocenters. The fourth-order valence-electron chi connectivity index (χ4n) is 2.81. The Balaban J connectivity index is 2.25. The Hall–Kier alpha value is -1.59. The third-order valence-electron chi connectivity index (χ3n) is 3.95. The van der Waals surface area contributed by atoms with Crippen molar-refractivity contribution < 1.29 is 4.79 Å². The number of nitrogen functional groups attached to an aromatic ring is 1. The summed E-state index contributed by atoms with van der Waals surface area (Å²) < 4.78 is 0. The molecule has 110 valence electrons. The molecular formula is C15H24N4O. The first-order valence-electron chi connectivity index (χ1n) is 7.22. The average Bonchev–Trinajstić information content (AvgIpc) is 2.67. The molecule has 0 spiro atoms. The third-order valence-corrected chi connectivity index (χ3v) is 3.95. The number of anilines is 1. The van der Waals surface area contributed by atoms with Crippen LogP contribution in [0.4, 0.5) is 5.69 Å². The molecule has 1 aromatic carbocycles. The van der Waals surface area contributed by atoms with E-state index in [1.165, 1.54) is 0 Å². The summed E-state index contributed by atoms with van der Waals surface area (Å²) in [6.07, 6.45) is 1.98. The van der Waals surface area contributed by atoms with Crippen LogP contribution >= 0.6 is 0 Å². The molecule has 1 heterocycles. The number of carbonyl (C=O) groups excluding carboxylic acids is 1. The fourth-order valence-corrected chi connectivity index (χ4v) is 2.81. The first-order valence-corrected chi connectivity index (χ1v) is 7.22. The summed E-state index contributed by atoms with van der Waals surface area (Å²) in [5.41, 5.74) is 3.95. The van der Waals surface area contributed by atoms with Gasteiger partial charge in [-0.2, -0.15) is 0 Å². The summed E-state index contributed by atoms with van der Waals surface area (Å²) in [5, 5.41) is 0. The minimum atomic E-state index is 0.0701. The van der Waals surface area contributed by atoms with E-state index in [2.05, 4.69) is 24.3 Å². The molecule has 0 radical (unpaired) electrons. The summed E-state index contributed by atoms with van der Waals surface area (Å²) in [4.78, 5) is 17.1. The number of rotatable bonds is 3. The SMILES string of the molecule is CCC1CN(C)CCCN1C(=O)c1ccccc1NN. The van der Waals surface area contributed by atoms with Crippen LogP contribution in [0.25, 0.3) is 0 Å². The maximum atomic E-state index is 12.8. The first kappa shape index (κ1) is 14.8. The van der Waals surface area contributed by atoms with E-state index in [1.54, 1.807) is 0 Å². The number of benzene rings is 1. The number of amides is 1. The van der Waals surface area contributed by atoms with Crippen molar-refractivity contribution >= 4 is 11.6 Å². The molecule has 0 bridgehead atoms. The Kier molecular flexibility index (Phi) is 4.98. The molecule has 1 amide bonds. The van der Waals surface area contributed by atoms with Crippen LogP contribution in [0.5, 0.6) is 0 Å². The lowest BCUT2D eigenvalue weighted by Gasteiger charge is -2.30. The van der Waals surface area contributed by atoms with Crippen molar-refractivity contribution in [1.82, 2.24) is 9.80 Å². The number of hydrogen-bond acceptors (Lipinski definition) is 4. The van der Waals surface area contributed by atoms with Crippen LogP contribution in [-0.2, 0) is 0 Å². The van der Waals surface area contributed by atoms with E-state index in [9.17, 15) is 4.79 Å². The van der Waals surface area contributed by atoms with E-state index in [4.69, 9.17) is 5.84 Å². The molecule has 5 nitrogen and oxygen atoms in total. The van der Waals surface area contributed by atoms with E-state index >= 15 is 0 Å². The highest BCUT2D eigenvalue weighted by Gasteiger charge is 2.27. The van der Waals surface area contributed by atoms with Gasteiger partial charge in [0.25, 0.3) is 5.91 Å². The van der Waals surface area contributed by atoms with E-state index in [0.717, 1.165) is 32.5 Å². The molecule has 1 aliphatic heterocycles. The molecular weight excluding hydrogens is 252 g/mol. The maximum absolute atomic E-state index is 12.8. The predicted molar refractivity (Wildman–Crippen MR) is 81.5 cm³/mol. The van der Waals surface area contributed by atoms with Gasteiger partial charge in [-0.05, 0) is 38.6 Å². The van der Waals surface area contributed by atoms with Gasteiger partial charge in [-0.1, -0.05) is 19.1 Å². The molecule has 1 fully saturated rings.